The number of H-pyrrole nitrogens is 1. The van der Waals surface area contributed by atoms with Gasteiger partial charge in [0.25, 0.3) is 5.56 Å². The molecule has 23 heavy (non-hydrogen) atoms. The quantitative estimate of drug-likeness (QED) is 0.725. The van der Waals surface area contributed by atoms with E-state index < -0.39 is 0 Å². The Balaban J connectivity index is 2.06. The molecule has 0 atom stereocenters. The Kier molecular flexibility index (Phi) is 3.05. The van der Waals surface area contributed by atoms with Crippen LogP contribution in [0.4, 0.5) is 5.69 Å². The molecule has 5 heteroatoms. The summed E-state index contributed by atoms with van der Waals surface area (Å²) in [6.45, 7) is 1.78. The lowest BCUT2D eigenvalue weighted by Gasteiger charge is -2.12. The molecule has 1 aromatic heterocycles. The number of fused-ring (bicyclic) bond motifs is 2. The lowest BCUT2D eigenvalue weighted by atomic mass is 9.94. The molecule has 0 bridgehead atoms. The van der Waals surface area contributed by atoms with Crippen LogP contribution in [-0.4, -0.2) is 16.2 Å². The second-order valence-corrected chi connectivity index (χ2v) is 5.37. The van der Waals surface area contributed by atoms with Gasteiger partial charge in [0.2, 0.25) is 0 Å². The van der Waals surface area contributed by atoms with Gasteiger partial charge < -0.3 is 4.98 Å². The van der Waals surface area contributed by atoms with Crippen molar-refractivity contribution in [3.63, 3.8) is 0 Å². The van der Waals surface area contributed by atoms with Gasteiger partial charge in [-0.25, -0.2) is 4.98 Å². The second kappa shape index (κ2) is 5.21. The number of hydrogen-bond donors (Lipinski definition) is 2. The molecule has 1 aliphatic heterocycles. The molecule has 3 aromatic rings. The molecular weight excluding hydrogens is 288 g/mol. The Morgan fingerprint density at radius 1 is 1.00 bits per heavy atom. The Morgan fingerprint density at radius 2 is 1.83 bits per heavy atom. The zero-order valence-corrected chi connectivity index (χ0v) is 12.5. The van der Waals surface area contributed by atoms with Crippen LogP contribution in [0.2, 0.25) is 0 Å². The number of anilines is 1. The van der Waals surface area contributed by atoms with Crippen molar-refractivity contribution >= 4 is 28.4 Å². The number of nitrogens with one attached hydrogen (secondary N) is 2. The molecule has 2 N–H and O–H groups in total. The van der Waals surface area contributed by atoms with Crippen LogP contribution in [0.1, 0.15) is 17.0 Å². The maximum atomic E-state index is 12.5. The Morgan fingerprint density at radius 3 is 2.74 bits per heavy atom. The van der Waals surface area contributed by atoms with Gasteiger partial charge in [0.1, 0.15) is 5.82 Å². The molecule has 0 radical (unpaired) electrons. The standard InChI is InChI=1S/C18H14N4O/c1-11-20-16-8-4-6-14(17(16)18(23)21-11)12-9-10-19-22-15-7-3-2-5-13(12)15/h2-10,22H,1H3,(H,20,21,23). The van der Waals surface area contributed by atoms with Gasteiger partial charge >= 0.3 is 0 Å². The highest BCUT2D eigenvalue weighted by Crippen LogP contribution is 2.32. The van der Waals surface area contributed by atoms with Gasteiger partial charge in [-0.05, 0) is 36.3 Å². The molecule has 0 saturated carbocycles. The topological polar surface area (TPSA) is 70.1 Å². The summed E-state index contributed by atoms with van der Waals surface area (Å²) in [5.41, 5.74) is 7.26. The zero-order chi connectivity index (χ0) is 15.8. The highest BCUT2D eigenvalue weighted by Gasteiger charge is 2.16. The summed E-state index contributed by atoms with van der Waals surface area (Å²) >= 11 is 0. The van der Waals surface area contributed by atoms with Gasteiger partial charge in [0.05, 0.1) is 16.6 Å². The molecule has 0 aliphatic carbocycles. The van der Waals surface area contributed by atoms with Crippen molar-refractivity contribution in [2.75, 3.05) is 5.43 Å². The van der Waals surface area contributed by atoms with E-state index in [0.717, 1.165) is 22.4 Å². The van der Waals surface area contributed by atoms with E-state index in [0.29, 0.717) is 16.7 Å². The van der Waals surface area contributed by atoms with Gasteiger partial charge in [-0.3, -0.25) is 10.2 Å². The average molecular weight is 302 g/mol. The Labute approximate surface area is 132 Å². The number of aromatic nitrogens is 2. The molecule has 0 spiro atoms. The molecule has 0 amide bonds. The lowest BCUT2D eigenvalue weighted by molar-refractivity contribution is 1.06. The van der Waals surface area contributed by atoms with Crippen LogP contribution in [0.15, 0.2) is 58.4 Å². The van der Waals surface area contributed by atoms with Crippen LogP contribution in [0.25, 0.3) is 16.5 Å². The van der Waals surface area contributed by atoms with E-state index in [2.05, 4.69) is 20.5 Å². The maximum absolute atomic E-state index is 12.5. The van der Waals surface area contributed by atoms with Crippen LogP contribution in [0.5, 0.6) is 0 Å². The van der Waals surface area contributed by atoms with Gasteiger partial charge in [-0.1, -0.05) is 30.3 Å². The third kappa shape index (κ3) is 2.23. The summed E-state index contributed by atoms with van der Waals surface area (Å²) < 4.78 is 0. The molecule has 2 heterocycles. The summed E-state index contributed by atoms with van der Waals surface area (Å²) in [5.74, 6) is 0.609. The SMILES string of the molecule is Cc1nc2cccc(C3=CC=NNc4ccccc43)c2c(=O)[nH]1. The molecule has 0 unspecified atom stereocenters. The molecule has 5 nitrogen and oxygen atoms in total. The number of aromatic amines is 1. The molecule has 1 aliphatic rings. The first kappa shape index (κ1) is 13.5. The minimum Gasteiger partial charge on any atom is -0.310 e. The van der Waals surface area contributed by atoms with Gasteiger partial charge in [0, 0.05) is 11.8 Å². The number of allylic oxidation sites excluding steroid dienone is 1. The predicted molar refractivity (Wildman–Crippen MR) is 92.7 cm³/mol. The van der Waals surface area contributed by atoms with Crippen molar-refractivity contribution in [1.82, 2.24) is 9.97 Å². The summed E-state index contributed by atoms with van der Waals surface area (Å²) in [5, 5.41) is 4.74. The fraction of sp³-hybridized carbons (Fsp3) is 0.0556. The van der Waals surface area contributed by atoms with Crippen molar-refractivity contribution < 1.29 is 0 Å². The van der Waals surface area contributed by atoms with Crippen molar-refractivity contribution in [1.29, 1.82) is 0 Å². The summed E-state index contributed by atoms with van der Waals surface area (Å²) in [7, 11) is 0. The lowest BCUT2D eigenvalue weighted by Crippen LogP contribution is -2.12. The Bertz CT molecular complexity index is 1030. The molecule has 0 fully saturated rings. The first-order chi connectivity index (χ1) is 11.2. The van der Waals surface area contributed by atoms with Gasteiger partial charge in [-0.15, -0.1) is 0 Å². The van der Waals surface area contributed by atoms with Crippen molar-refractivity contribution in [2.24, 2.45) is 5.10 Å². The van der Waals surface area contributed by atoms with E-state index in [9.17, 15) is 4.79 Å². The number of benzene rings is 2. The third-order valence-corrected chi connectivity index (χ3v) is 3.86. The smallest absolute Gasteiger partial charge is 0.259 e. The van der Waals surface area contributed by atoms with Crippen LogP contribution in [-0.2, 0) is 0 Å². The molecule has 112 valence electrons. The van der Waals surface area contributed by atoms with E-state index in [4.69, 9.17) is 0 Å². The first-order valence-corrected chi connectivity index (χ1v) is 7.33. The Hall–Kier alpha value is -3.21. The van der Waals surface area contributed by atoms with Gasteiger partial charge in [0.15, 0.2) is 0 Å². The summed E-state index contributed by atoms with van der Waals surface area (Å²) in [4.78, 5) is 19.7. The second-order valence-electron chi connectivity index (χ2n) is 5.37. The third-order valence-electron chi connectivity index (χ3n) is 3.86. The maximum Gasteiger partial charge on any atom is 0.259 e. The van der Waals surface area contributed by atoms with Crippen molar-refractivity contribution in [2.45, 2.75) is 6.92 Å². The van der Waals surface area contributed by atoms with Crippen LogP contribution < -0.4 is 11.0 Å². The highest BCUT2D eigenvalue weighted by atomic mass is 16.1. The summed E-state index contributed by atoms with van der Waals surface area (Å²) in [6, 6.07) is 13.6. The fourth-order valence-corrected chi connectivity index (χ4v) is 2.89. The van der Waals surface area contributed by atoms with Crippen molar-refractivity contribution in [3.05, 3.63) is 75.8 Å². The average Bonchev–Trinajstić information content (AvgIpc) is 2.76. The van der Waals surface area contributed by atoms with E-state index in [1.807, 2.05) is 48.5 Å². The predicted octanol–water partition coefficient (Wildman–Crippen LogP) is 3.07. The van der Waals surface area contributed by atoms with E-state index >= 15 is 0 Å². The van der Waals surface area contributed by atoms with E-state index in [1.54, 1.807) is 13.1 Å². The van der Waals surface area contributed by atoms with Crippen LogP contribution in [0.3, 0.4) is 0 Å². The minimum atomic E-state index is -0.129. The highest BCUT2D eigenvalue weighted by molar-refractivity contribution is 6.03. The minimum absolute atomic E-state index is 0.129. The normalized spacial score (nSPS) is 13.2. The molecular formula is C18H14N4O. The van der Waals surface area contributed by atoms with Gasteiger partial charge in [-0.2, -0.15) is 5.10 Å². The zero-order valence-electron chi connectivity index (χ0n) is 12.5. The molecule has 4 rings (SSSR count). The number of hydrogen-bond acceptors (Lipinski definition) is 4. The largest absolute Gasteiger partial charge is 0.310 e. The summed E-state index contributed by atoms with van der Waals surface area (Å²) in [6.07, 6.45) is 3.61. The number of nitrogens with zero attached hydrogens (tertiary/aromatic N) is 2. The fourth-order valence-electron chi connectivity index (χ4n) is 2.89. The van der Waals surface area contributed by atoms with Crippen LogP contribution in [0, 0.1) is 6.92 Å². The van der Waals surface area contributed by atoms with Crippen molar-refractivity contribution in [3.8, 4) is 0 Å². The number of rotatable bonds is 1. The first-order valence-electron chi connectivity index (χ1n) is 7.33. The van der Waals surface area contributed by atoms with Crippen LogP contribution >= 0.6 is 0 Å². The number of hydrazone groups is 1. The number of para-hydroxylation sites is 1. The number of aryl methyl sites for hydroxylation is 1. The monoisotopic (exact) mass is 302 g/mol. The van der Waals surface area contributed by atoms with E-state index in [-0.39, 0.29) is 5.56 Å². The molecule has 2 aromatic carbocycles. The van der Waals surface area contributed by atoms with E-state index in [1.165, 1.54) is 0 Å². The molecule has 0 saturated heterocycles.